The number of carbonyl (C=O) groups excluding carboxylic acids is 1. The quantitative estimate of drug-likeness (QED) is 0.0901. The summed E-state index contributed by atoms with van der Waals surface area (Å²) in [6.07, 6.45) is 3.81. The average molecular weight is 764 g/mol. The molecule has 13 nitrogen and oxygen atoms in total. The van der Waals surface area contributed by atoms with Crippen molar-refractivity contribution in [1.82, 2.24) is 5.32 Å². The summed E-state index contributed by atoms with van der Waals surface area (Å²) >= 11 is 0. The van der Waals surface area contributed by atoms with Crippen molar-refractivity contribution < 1.29 is 56.9 Å². The summed E-state index contributed by atoms with van der Waals surface area (Å²) in [6.45, 7) is 13.7. The van der Waals surface area contributed by atoms with E-state index in [0.717, 1.165) is 13.0 Å². The molecule has 0 aliphatic heterocycles. The van der Waals surface area contributed by atoms with Crippen molar-refractivity contribution >= 4 is 6.09 Å². The highest BCUT2D eigenvalue weighted by molar-refractivity contribution is 5.79. The van der Waals surface area contributed by atoms with Gasteiger partial charge in [0.15, 0.2) is 0 Å². The molecular weight excluding hydrogens is 698 g/mol. The molecule has 0 fully saturated rings. The zero-order valence-corrected chi connectivity index (χ0v) is 32.5. The van der Waals surface area contributed by atoms with E-state index in [1.807, 2.05) is 24.3 Å². The van der Waals surface area contributed by atoms with Crippen LogP contribution in [0.2, 0.25) is 0 Å². The summed E-state index contributed by atoms with van der Waals surface area (Å²) in [5.41, 5.74) is 4.81. The number of benzene rings is 2. The third-order valence-corrected chi connectivity index (χ3v) is 8.32. The van der Waals surface area contributed by atoms with Gasteiger partial charge < -0.3 is 57.4 Å². The lowest BCUT2D eigenvalue weighted by molar-refractivity contribution is -0.0264. The van der Waals surface area contributed by atoms with Crippen LogP contribution in [0.15, 0.2) is 48.5 Å². The van der Waals surface area contributed by atoms with Gasteiger partial charge >= 0.3 is 6.09 Å². The fraction of sp³-hybridized carbons (Fsp3) is 0.683. The minimum Gasteiger partial charge on any atom is -0.449 e. The molecule has 306 valence electrons. The van der Waals surface area contributed by atoms with E-state index < -0.39 is 6.09 Å². The maximum atomic E-state index is 12.3. The Labute approximate surface area is 322 Å². The zero-order chi connectivity index (χ0) is 38.0. The summed E-state index contributed by atoms with van der Waals surface area (Å²) in [5.74, 6) is 0.0514. The number of nitrogens with one attached hydrogen (secondary N) is 1. The van der Waals surface area contributed by atoms with Crippen LogP contribution in [0.4, 0.5) is 4.79 Å². The normalized spacial score (nSPS) is 12.2. The van der Waals surface area contributed by atoms with Crippen molar-refractivity contribution in [2.45, 2.75) is 38.5 Å². The lowest BCUT2D eigenvalue weighted by Crippen LogP contribution is -2.27. The molecule has 1 N–H and O–H groups in total. The molecule has 13 heteroatoms. The number of alkyl carbamates (subject to hydrolysis) is 1. The molecule has 0 unspecified atom stereocenters. The summed E-state index contributed by atoms with van der Waals surface area (Å²) in [5, 5.41) is 2.81. The van der Waals surface area contributed by atoms with E-state index in [1.54, 1.807) is 0 Å². The standard InChI is InChI=1S/C41H65NO12/c1-2-3-8-15-44-17-19-46-21-23-48-25-27-50-29-31-52-33-34-53-32-30-51-28-26-49-24-22-47-20-18-45-16-9-14-42-41(43)54-35-40-38-12-6-4-10-36(38)37-11-5-7-13-39(37)40/h4-7,10-13,40H,2-3,8-9,14-35H2,1H3,(H,42,43). The largest absolute Gasteiger partial charge is 0.449 e. The Kier molecular flexibility index (Phi) is 27.5. The maximum absolute atomic E-state index is 12.3. The van der Waals surface area contributed by atoms with Crippen LogP contribution in [0.1, 0.15) is 49.7 Å². The Morgan fingerprint density at radius 2 is 0.796 bits per heavy atom. The molecule has 2 aromatic carbocycles. The second-order valence-electron chi connectivity index (χ2n) is 12.4. The molecule has 0 atom stereocenters. The molecule has 3 rings (SSSR count). The summed E-state index contributed by atoms with van der Waals surface area (Å²) in [6, 6.07) is 16.6. The zero-order valence-electron chi connectivity index (χ0n) is 32.5. The van der Waals surface area contributed by atoms with Gasteiger partial charge in [-0.25, -0.2) is 4.79 Å². The van der Waals surface area contributed by atoms with Crippen LogP contribution in [0.25, 0.3) is 11.1 Å². The van der Waals surface area contributed by atoms with Gasteiger partial charge in [-0.3, -0.25) is 0 Å². The average Bonchev–Trinajstić information content (AvgIpc) is 3.52. The van der Waals surface area contributed by atoms with Crippen LogP contribution in [0.5, 0.6) is 0 Å². The highest BCUT2D eigenvalue weighted by atomic mass is 16.6. The van der Waals surface area contributed by atoms with E-state index in [9.17, 15) is 4.79 Å². The molecule has 0 heterocycles. The third-order valence-electron chi connectivity index (χ3n) is 8.32. The predicted octanol–water partition coefficient (Wildman–Crippen LogP) is 5.27. The summed E-state index contributed by atoms with van der Waals surface area (Å²) < 4.78 is 60.6. The highest BCUT2D eigenvalue weighted by Gasteiger charge is 2.28. The van der Waals surface area contributed by atoms with E-state index in [1.165, 1.54) is 35.1 Å². The monoisotopic (exact) mass is 763 g/mol. The minimum atomic E-state index is -0.413. The van der Waals surface area contributed by atoms with Crippen LogP contribution in [-0.2, 0) is 52.1 Å². The first-order valence-electron chi connectivity index (χ1n) is 19.7. The Hall–Kier alpha value is -2.69. The number of fused-ring (bicyclic) bond motifs is 3. The third kappa shape index (κ3) is 21.4. The van der Waals surface area contributed by atoms with E-state index >= 15 is 0 Å². The van der Waals surface area contributed by atoms with E-state index in [-0.39, 0.29) is 5.92 Å². The molecule has 0 saturated heterocycles. The van der Waals surface area contributed by atoms with Crippen molar-refractivity contribution in [3.05, 3.63) is 59.7 Å². The van der Waals surface area contributed by atoms with Gasteiger partial charge in [0.2, 0.25) is 0 Å². The molecule has 0 spiro atoms. The maximum Gasteiger partial charge on any atom is 0.407 e. The fourth-order valence-corrected chi connectivity index (χ4v) is 5.55. The van der Waals surface area contributed by atoms with E-state index in [0.29, 0.717) is 145 Å². The lowest BCUT2D eigenvalue weighted by atomic mass is 9.98. The first kappa shape index (κ1) is 45.7. The summed E-state index contributed by atoms with van der Waals surface area (Å²) in [4.78, 5) is 12.3. The molecular formula is C41H65NO12. The topological polar surface area (TPSA) is 131 Å². The van der Waals surface area contributed by atoms with Crippen molar-refractivity contribution in [3.8, 4) is 11.1 Å². The van der Waals surface area contributed by atoms with Gasteiger partial charge in [-0.1, -0.05) is 68.3 Å². The molecule has 0 radical (unpaired) electrons. The van der Waals surface area contributed by atoms with Gasteiger partial charge in [-0.15, -0.1) is 0 Å². The Bertz CT molecular complexity index is 1140. The first-order valence-corrected chi connectivity index (χ1v) is 19.7. The Balaban J connectivity index is 0.947. The SMILES string of the molecule is CCCCCOCCOCCOCCOCCOCCOCCOCCOCCOCCOCCCNC(=O)OCC1c2ccccc2-c2ccccc21. The number of amides is 1. The number of unbranched alkanes of at least 4 members (excludes halogenated alkanes) is 2. The lowest BCUT2D eigenvalue weighted by Gasteiger charge is -2.14. The van der Waals surface area contributed by atoms with E-state index in [4.69, 9.17) is 52.1 Å². The van der Waals surface area contributed by atoms with Crippen LogP contribution >= 0.6 is 0 Å². The highest BCUT2D eigenvalue weighted by Crippen LogP contribution is 2.44. The molecule has 0 bridgehead atoms. The Morgan fingerprint density at radius 3 is 1.17 bits per heavy atom. The van der Waals surface area contributed by atoms with Gasteiger partial charge in [-0.05, 0) is 35.1 Å². The number of ether oxygens (including phenoxy) is 11. The van der Waals surface area contributed by atoms with E-state index in [2.05, 4.69) is 36.5 Å². The number of rotatable bonds is 37. The molecule has 0 aromatic heterocycles. The van der Waals surface area contributed by atoms with Gasteiger partial charge in [0.1, 0.15) is 6.61 Å². The molecule has 1 amide bonds. The van der Waals surface area contributed by atoms with Crippen LogP contribution in [0.3, 0.4) is 0 Å². The van der Waals surface area contributed by atoms with Gasteiger partial charge in [-0.2, -0.15) is 0 Å². The summed E-state index contributed by atoms with van der Waals surface area (Å²) in [7, 11) is 0. The molecule has 1 aliphatic rings. The smallest absolute Gasteiger partial charge is 0.407 e. The van der Waals surface area contributed by atoms with Crippen molar-refractivity contribution in [2.75, 3.05) is 145 Å². The van der Waals surface area contributed by atoms with Gasteiger partial charge in [0.05, 0.1) is 119 Å². The van der Waals surface area contributed by atoms with Crippen LogP contribution < -0.4 is 5.32 Å². The van der Waals surface area contributed by atoms with Gasteiger partial charge in [0, 0.05) is 25.7 Å². The minimum absolute atomic E-state index is 0.0514. The fourth-order valence-electron chi connectivity index (χ4n) is 5.55. The number of hydrogen-bond donors (Lipinski definition) is 1. The Morgan fingerprint density at radius 1 is 0.463 bits per heavy atom. The van der Waals surface area contributed by atoms with Crippen LogP contribution in [0, 0.1) is 0 Å². The van der Waals surface area contributed by atoms with Crippen molar-refractivity contribution in [1.29, 1.82) is 0 Å². The van der Waals surface area contributed by atoms with Gasteiger partial charge in [0.25, 0.3) is 0 Å². The molecule has 1 aliphatic carbocycles. The second kappa shape index (κ2) is 32.5. The molecule has 2 aromatic rings. The number of carbonyl (C=O) groups is 1. The molecule has 0 saturated carbocycles. The molecule has 54 heavy (non-hydrogen) atoms. The number of hydrogen-bond acceptors (Lipinski definition) is 12. The first-order chi connectivity index (χ1) is 26.8. The van der Waals surface area contributed by atoms with Crippen molar-refractivity contribution in [2.24, 2.45) is 0 Å². The predicted molar refractivity (Wildman–Crippen MR) is 205 cm³/mol. The van der Waals surface area contributed by atoms with Crippen molar-refractivity contribution in [3.63, 3.8) is 0 Å². The second-order valence-corrected chi connectivity index (χ2v) is 12.4. The van der Waals surface area contributed by atoms with Crippen LogP contribution in [-0.4, -0.2) is 151 Å².